The third kappa shape index (κ3) is 1.75. The van der Waals surface area contributed by atoms with Crippen LogP contribution in [-0.4, -0.2) is 21.1 Å². The van der Waals surface area contributed by atoms with Crippen LogP contribution in [0.4, 0.5) is 0 Å². The summed E-state index contributed by atoms with van der Waals surface area (Å²) in [7, 11) is 0. The topological polar surface area (TPSA) is 52.1 Å². The van der Waals surface area contributed by atoms with Gasteiger partial charge in [-0.15, -0.1) is 0 Å². The van der Waals surface area contributed by atoms with E-state index in [1.165, 1.54) is 6.20 Å². The Labute approximate surface area is 79.6 Å². The van der Waals surface area contributed by atoms with E-state index in [-0.39, 0.29) is 5.78 Å². The predicted molar refractivity (Wildman–Crippen MR) is 47.5 cm³/mol. The van der Waals surface area contributed by atoms with Gasteiger partial charge in [-0.05, 0) is 18.9 Å². The molecule has 0 unspecified atom stereocenters. The molecule has 2 heterocycles. The van der Waals surface area contributed by atoms with Crippen LogP contribution < -0.4 is 0 Å². The Hall–Kier alpha value is -1.23. The van der Waals surface area contributed by atoms with Gasteiger partial charge in [-0.3, -0.25) is 4.79 Å². The number of aromatic nitrogens is 2. The summed E-state index contributed by atoms with van der Waals surface area (Å²) in [4.78, 5) is 11.6. The lowest BCUT2D eigenvalue weighted by Crippen LogP contribution is -2.11. The third-order valence-electron chi connectivity index (χ3n) is 1.75. The second-order valence-electron chi connectivity index (χ2n) is 2.68. The molecular weight excluding hydrogens is 188 g/mol. The first-order valence-corrected chi connectivity index (χ1v) is 4.76. The summed E-state index contributed by atoms with van der Waals surface area (Å²) in [6.07, 6.45) is 5.15. The van der Waals surface area contributed by atoms with Gasteiger partial charge in [0.05, 0.1) is 24.5 Å². The molecule has 1 aromatic rings. The van der Waals surface area contributed by atoms with E-state index in [0.717, 1.165) is 24.6 Å². The smallest absolute Gasteiger partial charge is 0.248 e. The van der Waals surface area contributed by atoms with E-state index in [0.29, 0.717) is 18.1 Å². The van der Waals surface area contributed by atoms with Crippen molar-refractivity contribution < 1.29 is 9.53 Å². The normalized spacial score (nSPS) is 16.2. The summed E-state index contributed by atoms with van der Waals surface area (Å²) < 4.78 is 12.8. The molecule has 0 amide bonds. The van der Waals surface area contributed by atoms with Crippen LogP contribution in [0.15, 0.2) is 18.0 Å². The van der Waals surface area contributed by atoms with Crippen molar-refractivity contribution in [2.45, 2.75) is 12.8 Å². The zero-order valence-electron chi connectivity index (χ0n) is 6.90. The van der Waals surface area contributed by atoms with Crippen LogP contribution >= 0.6 is 11.7 Å². The summed E-state index contributed by atoms with van der Waals surface area (Å²) >= 11 is 1.03. The highest BCUT2D eigenvalue weighted by Gasteiger charge is 2.17. The highest BCUT2D eigenvalue weighted by molar-refractivity contribution is 6.99. The molecule has 13 heavy (non-hydrogen) atoms. The van der Waals surface area contributed by atoms with Gasteiger partial charge in [0.15, 0.2) is 5.76 Å². The van der Waals surface area contributed by atoms with Gasteiger partial charge in [0.2, 0.25) is 5.78 Å². The molecule has 0 fully saturated rings. The number of Topliss-reactive ketones (excluding diaryl/α,β-unsaturated/α-hetero) is 1. The quantitative estimate of drug-likeness (QED) is 0.671. The van der Waals surface area contributed by atoms with Crippen LogP contribution in [0.25, 0.3) is 0 Å². The maximum atomic E-state index is 11.6. The number of hydrogen-bond donors (Lipinski definition) is 0. The van der Waals surface area contributed by atoms with Gasteiger partial charge < -0.3 is 4.74 Å². The van der Waals surface area contributed by atoms with Crippen molar-refractivity contribution >= 4 is 17.5 Å². The molecule has 1 aliphatic heterocycles. The minimum atomic E-state index is -0.159. The highest BCUT2D eigenvalue weighted by atomic mass is 32.1. The number of hydrogen-bond acceptors (Lipinski definition) is 5. The molecule has 2 rings (SSSR count). The van der Waals surface area contributed by atoms with Crippen molar-refractivity contribution in [2.24, 2.45) is 0 Å². The number of ether oxygens (including phenoxy) is 1. The SMILES string of the molecule is O=C(C1=CCCCO1)c1cnsn1. The minimum Gasteiger partial charge on any atom is -0.490 e. The maximum absolute atomic E-state index is 11.6. The molecule has 1 aromatic heterocycles. The van der Waals surface area contributed by atoms with Crippen LogP contribution in [0.3, 0.4) is 0 Å². The van der Waals surface area contributed by atoms with Gasteiger partial charge in [-0.25, -0.2) is 0 Å². The first kappa shape index (κ1) is 8.37. The fraction of sp³-hybridized carbons (Fsp3) is 0.375. The van der Waals surface area contributed by atoms with E-state index in [2.05, 4.69) is 8.75 Å². The molecule has 0 radical (unpaired) electrons. The molecule has 0 bridgehead atoms. The molecule has 0 atom stereocenters. The van der Waals surface area contributed by atoms with Crippen LogP contribution in [0.1, 0.15) is 23.3 Å². The lowest BCUT2D eigenvalue weighted by molar-refractivity contribution is 0.0895. The maximum Gasteiger partial charge on any atom is 0.248 e. The number of carbonyl (C=O) groups is 1. The largest absolute Gasteiger partial charge is 0.490 e. The fourth-order valence-electron chi connectivity index (χ4n) is 1.11. The van der Waals surface area contributed by atoms with Gasteiger partial charge in [0.1, 0.15) is 5.69 Å². The average Bonchev–Trinajstić information content (AvgIpc) is 2.71. The van der Waals surface area contributed by atoms with Crippen LogP contribution in [0, 0.1) is 0 Å². The second kappa shape index (κ2) is 3.66. The molecule has 0 saturated carbocycles. The predicted octanol–water partition coefficient (Wildman–Crippen LogP) is 1.42. The number of ketones is 1. The van der Waals surface area contributed by atoms with E-state index in [4.69, 9.17) is 4.74 Å². The van der Waals surface area contributed by atoms with Crippen molar-refractivity contribution in [3.05, 3.63) is 23.7 Å². The zero-order valence-corrected chi connectivity index (χ0v) is 7.71. The molecule has 0 aromatic carbocycles. The molecule has 0 aliphatic carbocycles. The molecule has 5 heteroatoms. The first-order chi connectivity index (χ1) is 6.38. The summed E-state index contributed by atoms with van der Waals surface area (Å²) in [6, 6.07) is 0. The van der Waals surface area contributed by atoms with Crippen molar-refractivity contribution in [3.8, 4) is 0 Å². The number of allylic oxidation sites excluding steroid dienone is 2. The second-order valence-corrected chi connectivity index (χ2v) is 3.24. The van der Waals surface area contributed by atoms with Gasteiger partial charge in [0, 0.05) is 0 Å². The molecule has 68 valence electrons. The molecular formula is C8H8N2O2S. The lowest BCUT2D eigenvalue weighted by atomic mass is 10.2. The van der Waals surface area contributed by atoms with Crippen LogP contribution in [-0.2, 0) is 4.74 Å². The number of carbonyl (C=O) groups excluding carboxylic acids is 1. The Morgan fingerprint density at radius 1 is 1.62 bits per heavy atom. The third-order valence-corrected chi connectivity index (χ3v) is 2.23. The van der Waals surface area contributed by atoms with Crippen molar-refractivity contribution in [1.29, 1.82) is 0 Å². The Morgan fingerprint density at radius 3 is 3.15 bits per heavy atom. The Balaban J connectivity index is 2.17. The van der Waals surface area contributed by atoms with Crippen molar-refractivity contribution in [3.63, 3.8) is 0 Å². The van der Waals surface area contributed by atoms with Gasteiger partial charge in [-0.1, -0.05) is 0 Å². The standard InChI is InChI=1S/C8H8N2O2S/c11-8(6-5-9-13-10-6)7-3-1-2-4-12-7/h3,5H,1-2,4H2. The Morgan fingerprint density at radius 2 is 2.54 bits per heavy atom. The van der Waals surface area contributed by atoms with Gasteiger partial charge in [-0.2, -0.15) is 8.75 Å². The molecule has 0 N–H and O–H groups in total. The molecule has 0 spiro atoms. The minimum absolute atomic E-state index is 0.159. The molecule has 1 aliphatic rings. The Kier molecular flexibility index (Phi) is 2.35. The monoisotopic (exact) mass is 196 g/mol. The molecule has 0 saturated heterocycles. The lowest BCUT2D eigenvalue weighted by Gasteiger charge is -2.12. The van der Waals surface area contributed by atoms with Crippen molar-refractivity contribution in [2.75, 3.05) is 6.61 Å². The number of nitrogens with zero attached hydrogens (tertiary/aromatic N) is 2. The fourth-order valence-corrected chi connectivity index (χ4v) is 1.52. The first-order valence-electron chi connectivity index (χ1n) is 4.03. The van der Waals surface area contributed by atoms with Gasteiger partial charge >= 0.3 is 0 Å². The molecule has 4 nitrogen and oxygen atoms in total. The average molecular weight is 196 g/mol. The summed E-state index contributed by atoms with van der Waals surface area (Å²) in [5.41, 5.74) is 0.373. The summed E-state index contributed by atoms with van der Waals surface area (Å²) in [5, 5.41) is 0. The van der Waals surface area contributed by atoms with E-state index < -0.39 is 0 Å². The van der Waals surface area contributed by atoms with E-state index in [1.807, 2.05) is 6.08 Å². The van der Waals surface area contributed by atoms with Crippen molar-refractivity contribution in [1.82, 2.24) is 8.75 Å². The summed E-state index contributed by atoms with van der Waals surface area (Å²) in [5.74, 6) is 0.257. The highest BCUT2D eigenvalue weighted by Crippen LogP contribution is 2.14. The van der Waals surface area contributed by atoms with E-state index >= 15 is 0 Å². The van der Waals surface area contributed by atoms with E-state index in [9.17, 15) is 4.79 Å². The summed E-state index contributed by atoms with van der Waals surface area (Å²) in [6.45, 7) is 0.620. The van der Waals surface area contributed by atoms with Crippen LogP contribution in [0.5, 0.6) is 0 Å². The van der Waals surface area contributed by atoms with E-state index in [1.54, 1.807) is 0 Å². The van der Waals surface area contributed by atoms with Gasteiger partial charge in [0.25, 0.3) is 0 Å². The Bertz CT molecular complexity index is 332. The zero-order chi connectivity index (χ0) is 9.10. The number of rotatable bonds is 2. The van der Waals surface area contributed by atoms with Crippen LogP contribution in [0.2, 0.25) is 0 Å².